The molecule has 0 saturated heterocycles. The van der Waals surface area contributed by atoms with E-state index in [2.05, 4.69) is 25.8 Å². The Morgan fingerprint density at radius 3 is 2.72 bits per heavy atom. The summed E-state index contributed by atoms with van der Waals surface area (Å²) in [6.45, 7) is 3.26. The van der Waals surface area contributed by atoms with Crippen molar-refractivity contribution < 1.29 is 8.78 Å². The maximum atomic E-state index is 13.8. The van der Waals surface area contributed by atoms with Crippen molar-refractivity contribution in [2.24, 2.45) is 12.0 Å². The number of guanidine groups is 1. The van der Waals surface area contributed by atoms with Crippen molar-refractivity contribution >= 4 is 41.3 Å². The zero-order valence-corrected chi connectivity index (χ0v) is 19.3. The van der Waals surface area contributed by atoms with Gasteiger partial charge in [0, 0.05) is 18.5 Å². The van der Waals surface area contributed by atoms with Gasteiger partial charge >= 0.3 is 0 Å². The van der Waals surface area contributed by atoms with Crippen molar-refractivity contribution in [3.05, 3.63) is 69.4 Å². The van der Waals surface area contributed by atoms with Crippen LogP contribution in [0.4, 0.5) is 8.78 Å². The molecule has 2 heterocycles. The van der Waals surface area contributed by atoms with Gasteiger partial charge in [0.15, 0.2) is 11.8 Å². The highest BCUT2D eigenvalue weighted by molar-refractivity contribution is 14.0. The number of benzene rings is 1. The van der Waals surface area contributed by atoms with Gasteiger partial charge in [0.1, 0.15) is 24.0 Å². The molecule has 2 aromatic heterocycles. The van der Waals surface area contributed by atoms with Crippen molar-refractivity contribution in [3.8, 4) is 0 Å². The van der Waals surface area contributed by atoms with E-state index in [0.29, 0.717) is 37.6 Å². The Labute approximate surface area is 189 Å². The lowest BCUT2D eigenvalue weighted by Crippen LogP contribution is -2.38. The highest BCUT2D eigenvalue weighted by Gasteiger charge is 2.07. The van der Waals surface area contributed by atoms with Gasteiger partial charge in [-0.2, -0.15) is 0 Å². The summed E-state index contributed by atoms with van der Waals surface area (Å²) in [6.07, 6.45) is 0.340. The normalized spacial score (nSPS) is 11.2. The fourth-order valence-corrected chi connectivity index (χ4v) is 3.19. The first-order valence-electron chi connectivity index (χ1n) is 8.86. The van der Waals surface area contributed by atoms with Crippen molar-refractivity contribution in [1.29, 1.82) is 0 Å². The van der Waals surface area contributed by atoms with E-state index in [9.17, 15) is 8.78 Å². The molecule has 0 aliphatic rings. The van der Waals surface area contributed by atoms with Crippen LogP contribution in [0.2, 0.25) is 0 Å². The quantitative estimate of drug-likeness (QED) is 0.278. The Bertz CT molecular complexity index is 942. The molecule has 156 valence electrons. The zero-order valence-electron chi connectivity index (χ0n) is 16.2. The average molecular weight is 532 g/mol. The third kappa shape index (κ3) is 6.74. The minimum atomic E-state index is -0.446. The lowest BCUT2D eigenvalue weighted by atomic mass is 10.1. The van der Waals surface area contributed by atoms with Gasteiger partial charge in [-0.05, 0) is 48.6 Å². The monoisotopic (exact) mass is 532 g/mol. The number of rotatable bonds is 7. The summed E-state index contributed by atoms with van der Waals surface area (Å²) in [5, 5.41) is 16.6. The second-order valence-corrected chi connectivity index (χ2v) is 7.26. The molecule has 10 heteroatoms. The second-order valence-electron chi connectivity index (χ2n) is 6.23. The van der Waals surface area contributed by atoms with E-state index in [1.807, 2.05) is 36.1 Å². The van der Waals surface area contributed by atoms with Crippen molar-refractivity contribution in [3.63, 3.8) is 0 Å². The summed E-state index contributed by atoms with van der Waals surface area (Å²) < 4.78 is 29.0. The highest BCUT2D eigenvalue weighted by atomic mass is 127. The first kappa shape index (κ1) is 23.2. The molecule has 0 amide bonds. The summed E-state index contributed by atoms with van der Waals surface area (Å²) in [7, 11) is 1.89. The van der Waals surface area contributed by atoms with E-state index in [4.69, 9.17) is 0 Å². The largest absolute Gasteiger partial charge is 0.356 e. The summed E-state index contributed by atoms with van der Waals surface area (Å²) in [5.74, 6) is 1.27. The van der Waals surface area contributed by atoms with Crippen molar-refractivity contribution in [2.75, 3.05) is 6.54 Å². The predicted molar refractivity (Wildman–Crippen MR) is 122 cm³/mol. The van der Waals surface area contributed by atoms with Crippen LogP contribution in [0, 0.1) is 18.6 Å². The number of thiophene rings is 1. The van der Waals surface area contributed by atoms with Crippen LogP contribution in [-0.4, -0.2) is 27.3 Å². The third-order valence-corrected chi connectivity index (χ3v) is 5.14. The Balaban J connectivity index is 0.00000300. The van der Waals surface area contributed by atoms with Gasteiger partial charge in [0.05, 0.1) is 6.54 Å². The summed E-state index contributed by atoms with van der Waals surface area (Å²) in [5.41, 5.74) is 0.328. The molecule has 2 N–H and O–H groups in total. The van der Waals surface area contributed by atoms with Gasteiger partial charge in [-0.3, -0.25) is 0 Å². The van der Waals surface area contributed by atoms with Crippen LogP contribution in [0.3, 0.4) is 0 Å². The molecular formula is C19H23F2IN6S. The smallest absolute Gasteiger partial charge is 0.192 e. The number of aliphatic imine (C=N–C) groups is 1. The van der Waals surface area contributed by atoms with Crippen LogP contribution in [0.5, 0.6) is 0 Å². The Morgan fingerprint density at radius 2 is 2.03 bits per heavy atom. The maximum Gasteiger partial charge on any atom is 0.192 e. The fourth-order valence-electron chi connectivity index (χ4n) is 2.55. The van der Waals surface area contributed by atoms with Crippen LogP contribution < -0.4 is 10.6 Å². The lowest BCUT2D eigenvalue weighted by molar-refractivity contribution is 0.583. The van der Waals surface area contributed by atoms with Gasteiger partial charge in [0.25, 0.3) is 0 Å². The molecule has 0 atom stereocenters. The van der Waals surface area contributed by atoms with Crippen molar-refractivity contribution in [2.45, 2.75) is 26.4 Å². The molecule has 29 heavy (non-hydrogen) atoms. The Kier molecular flexibility index (Phi) is 8.96. The van der Waals surface area contributed by atoms with E-state index in [1.165, 1.54) is 10.9 Å². The molecule has 0 aliphatic carbocycles. The number of hydrogen-bond donors (Lipinski definition) is 2. The molecule has 3 rings (SSSR count). The first-order valence-corrected chi connectivity index (χ1v) is 9.74. The fraction of sp³-hybridized carbons (Fsp3) is 0.316. The summed E-state index contributed by atoms with van der Waals surface area (Å²) in [4.78, 5) is 5.71. The minimum Gasteiger partial charge on any atom is -0.356 e. The molecule has 0 bridgehead atoms. The van der Waals surface area contributed by atoms with Crippen molar-refractivity contribution in [1.82, 2.24) is 25.4 Å². The second kappa shape index (κ2) is 11.2. The summed E-state index contributed by atoms with van der Waals surface area (Å²) >= 11 is 1.65. The van der Waals surface area contributed by atoms with Gasteiger partial charge < -0.3 is 15.2 Å². The molecule has 0 radical (unpaired) electrons. The van der Waals surface area contributed by atoms with E-state index < -0.39 is 11.6 Å². The predicted octanol–water partition coefficient (Wildman–Crippen LogP) is 3.56. The molecule has 0 aliphatic heterocycles. The van der Waals surface area contributed by atoms with Gasteiger partial charge in [0.2, 0.25) is 0 Å². The lowest BCUT2D eigenvalue weighted by Gasteiger charge is -2.12. The third-order valence-electron chi connectivity index (χ3n) is 4.27. The van der Waals surface area contributed by atoms with Gasteiger partial charge in [-0.25, -0.2) is 13.8 Å². The maximum absolute atomic E-state index is 13.8. The molecule has 1 aromatic carbocycles. The molecule has 0 saturated carbocycles. The number of halogens is 3. The van der Waals surface area contributed by atoms with E-state index in [0.717, 1.165) is 23.8 Å². The molecule has 3 aromatic rings. The van der Waals surface area contributed by atoms with Crippen LogP contribution >= 0.6 is 35.3 Å². The molecule has 0 unspecified atom stereocenters. The molecule has 0 spiro atoms. The van der Waals surface area contributed by atoms with Crippen LogP contribution in [0.25, 0.3) is 0 Å². The highest BCUT2D eigenvalue weighted by Crippen LogP contribution is 2.10. The van der Waals surface area contributed by atoms with Gasteiger partial charge in [-0.15, -0.1) is 45.5 Å². The number of hydrogen-bond acceptors (Lipinski definition) is 4. The van der Waals surface area contributed by atoms with Crippen LogP contribution in [-0.2, 0) is 26.6 Å². The Hall–Kier alpha value is -2.08. The Morgan fingerprint density at radius 1 is 1.21 bits per heavy atom. The topological polar surface area (TPSA) is 67.1 Å². The number of nitrogens with zero attached hydrogens (tertiary/aromatic N) is 4. The average Bonchev–Trinajstić information content (AvgIpc) is 3.31. The standard InChI is InChI=1S/C19H22F2N6S.HI/c1-13-25-26-18(27(13)2)12-24-19(23-11-16-4-3-9-28-16)22-8-7-14-10-15(20)5-6-17(14)21;/h3-6,9-10H,7-8,11-12H2,1-2H3,(H2,22,23,24);1H. The SMILES string of the molecule is Cc1nnc(CN=C(NCCc2cc(F)ccc2F)NCc2cccs2)n1C.I. The number of aryl methyl sites for hydroxylation is 1. The molecule has 6 nitrogen and oxygen atoms in total. The zero-order chi connectivity index (χ0) is 19.9. The molecule has 0 fully saturated rings. The van der Waals surface area contributed by atoms with Crippen LogP contribution in [0.15, 0.2) is 40.7 Å². The number of nitrogens with one attached hydrogen (secondary N) is 2. The van der Waals surface area contributed by atoms with Gasteiger partial charge in [-0.1, -0.05) is 6.07 Å². The molecular weight excluding hydrogens is 509 g/mol. The van der Waals surface area contributed by atoms with E-state index in [-0.39, 0.29) is 24.0 Å². The first-order chi connectivity index (χ1) is 13.5. The van der Waals surface area contributed by atoms with E-state index in [1.54, 1.807) is 11.3 Å². The number of aromatic nitrogens is 3. The van der Waals surface area contributed by atoms with Crippen LogP contribution in [0.1, 0.15) is 22.1 Å². The van der Waals surface area contributed by atoms with E-state index >= 15 is 0 Å². The summed E-state index contributed by atoms with van der Waals surface area (Å²) in [6, 6.07) is 7.50. The minimum absolute atomic E-state index is 0.